The SMILES string of the molecule is Cc1cc([C@@H](C)N)c2oc3c(-c4ccncc4)ccnc3c2c1. The Balaban J connectivity index is 2.12. The van der Waals surface area contributed by atoms with E-state index in [0.29, 0.717) is 0 Å². The molecule has 2 N–H and O–H groups in total. The first kappa shape index (κ1) is 13.9. The van der Waals surface area contributed by atoms with Crippen LogP contribution in [0.15, 0.2) is 53.3 Å². The van der Waals surface area contributed by atoms with Crippen molar-refractivity contribution in [1.82, 2.24) is 9.97 Å². The normalized spacial score (nSPS) is 12.8. The molecule has 1 aromatic carbocycles. The minimum Gasteiger partial charge on any atom is -0.453 e. The maximum Gasteiger partial charge on any atom is 0.161 e. The van der Waals surface area contributed by atoms with E-state index in [1.54, 1.807) is 12.4 Å². The Morgan fingerprint density at radius 3 is 2.57 bits per heavy atom. The number of aromatic nitrogens is 2. The molecule has 3 heterocycles. The van der Waals surface area contributed by atoms with Gasteiger partial charge < -0.3 is 10.2 Å². The molecule has 23 heavy (non-hydrogen) atoms. The van der Waals surface area contributed by atoms with E-state index in [1.165, 1.54) is 0 Å². The third-order valence-electron chi connectivity index (χ3n) is 4.11. The van der Waals surface area contributed by atoms with Crippen molar-refractivity contribution >= 4 is 22.1 Å². The van der Waals surface area contributed by atoms with E-state index in [2.05, 4.69) is 29.0 Å². The summed E-state index contributed by atoms with van der Waals surface area (Å²) in [5, 5.41) is 1.02. The molecule has 0 aliphatic heterocycles. The Morgan fingerprint density at radius 2 is 1.83 bits per heavy atom. The van der Waals surface area contributed by atoms with E-state index < -0.39 is 0 Å². The van der Waals surface area contributed by atoms with Crippen LogP contribution < -0.4 is 5.73 Å². The van der Waals surface area contributed by atoms with Gasteiger partial charge in [0.2, 0.25) is 0 Å². The number of fused-ring (bicyclic) bond motifs is 3. The van der Waals surface area contributed by atoms with Crippen molar-refractivity contribution in [3.63, 3.8) is 0 Å². The molecule has 0 radical (unpaired) electrons. The summed E-state index contributed by atoms with van der Waals surface area (Å²) in [4.78, 5) is 8.63. The van der Waals surface area contributed by atoms with Crippen molar-refractivity contribution in [2.24, 2.45) is 5.73 Å². The topological polar surface area (TPSA) is 64.9 Å². The van der Waals surface area contributed by atoms with Gasteiger partial charge in [0.25, 0.3) is 0 Å². The van der Waals surface area contributed by atoms with Gasteiger partial charge >= 0.3 is 0 Å². The van der Waals surface area contributed by atoms with Gasteiger partial charge in [0, 0.05) is 41.1 Å². The standard InChI is InChI=1S/C19H17N3O/c1-11-9-15(12(2)20)18-16(10-11)17-19(23-18)14(5-8-22-17)13-3-6-21-7-4-13/h3-10,12H,20H2,1-2H3/t12-/m1/s1. The molecule has 4 heteroatoms. The zero-order chi connectivity index (χ0) is 16.0. The number of nitrogens with zero attached hydrogens (tertiary/aromatic N) is 2. The van der Waals surface area contributed by atoms with Crippen molar-refractivity contribution in [1.29, 1.82) is 0 Å². The summed E-state index contributed by atoms with van der Waals surface area (Å²) in [7, 11) is 0. The van der Waals surface area contributed by atoms with E-state index >= 15 is 0 Å². The molecule has 4 aromatic rings. The monoisotopic (exact) mass is 303 g/mol. The van der Waals surface area contributed by atoms with Crippen molar-refractivity contribution in [3.05, 3.63) is 60.0 Å². The lowest BCUT2D eigenvalue weighted by atomic mass is 10.0. The fourth-order valence-electron chi connectivity index (χ4n) is 3.03. The molecule has 0 bridgehead atoms. The Labute approximate surface area is 134 Å². The van der Waals surface area contributed by atoms with Gasteiger partial charge in [0.1, 0.15) is 11.1 Å². The number of hydrogen-bond donors (Lipinski definition) is 1. The molecular formula is C19H17N3O. The number of pyridine rings is 2. The van der Waals surface area contributed by atoms with Crippen LogP contribution in [0.4, 0.5) is 0 Å². The second-order valence-corrected chi connectivity index (χ2v) is 5.89. The molecule has 0 aliphatic rings. The van der Waals surface area contributed by atoms with Crippen LogP contribution in [0.5, 0.6) is 0 Å². The number of nitrogens with two attached hydrogens (primary N) is 1. The van der Waals surface area contributed by atoms with Crippen molar-refractivity contribution in [3.8, 4) is 11.1 Å². The van der Waals surface area contributed by atoms with Crippen molar-refractivity contribution < 1.29 is 4.42 Å². The number of aryl methyl sites for hydroxylation is 1. The second-order valence-electron chi connectivity index (χ2n) is 5.89. The predicted octanol–water partition coefficient (Wildman–Crippen LogP) is 4.37. The van der Waals surface area contributed by atoms with Gasteiger partial charge in [-0.3, -0.25) is 9.97 Å². The zero-order valence-corrected chi connectivity index (χ0v) is 13.1. The highest BCUT2D eigenvalue weighted by Crippen LogP contribution is 2.37. The smallest absolute Gasteiger partial charge is 0.161 e. The fraction of sp³-hybridized carbons (Fsp3) is 0.158. The Hall–Kier alpha value is -2.72. The van der Waals surface area contributed by atoms with E-state index in [-0.39, 0.29) is 6.04 Å². The van der Waals surface area contributed by atoms with Crippen LogP contribution in [-0.2, 0) is 0 Å². The quantitative estimate of drug-likeness (QED) is 0.597. The molecule has 0 saturated carbocycles. The van der Waals surface area contributed by atoms with Gasteiger partial charge in [-0.2, -0.15) is 0 Å². The van der Waals surface area contributed by atoms with Crippen molar-refractivity contribution in [2.45, 2.75) is 19.9 Å². The highest BCUT2D eigenvalue weighted by atomic mass is 16.3. The van der Waals surface area contributed by atoms with Crippen LogP contribution in [-0.4, -0.2) is 9.97 Å². The summed E-state index contributed by atoms with van der Waals surface area (Å²) in [5.74, 6) is 0. The van der Waals surface area contributed by atoms with Crippen LogP contribution in [0, 0.1) is 6.92 Å². The lowest BCUT2D eigenvalue weighted by molar-refractivity contribution is 0.654. The predicted molar refractivity (Wildman–Crippen MR) is 92.1 cm³/mol. The lowest BCUT2D eigenvalue weighted by Crippen LogP contribution is -2.05. The Morgan fingerprint density at radius 1 is 1.04 bits per heavy atom. The first-order valence-corrected chi connectivity index (χ1v) is 7.63. The molecule has 4 rings (SSSR count). The molecule has 0 saturated heterocycles. The molecule has 0 spiro atoms. The van der Waals surface area contributed by atoms with Crippen LogP contribution in [0.1, 0.15) is 24.1 Å². The van der Waals surface area contributed by atoms with Gasteiger partial charge in [0.15, 0.2) is 5.58 Å². The third kappa shape index (κ3) is 2.19. The number of rotatable bonds is 2. The molecule has 114 valence electrons. The molecule has 0 fully saturated rings. The van der Waals surface area contributed by atoms with E-state index in [1.807, 2.05) is 31.3 Å². The van der Waals surface area contributed by atoms with Gasteiger partial charge in [-0.1, -0.05) is 6.07 Å². The summed E-state index contributed by atoms with van der Waals surface area (Å²) in [6.45, 7) is 4.04. The molecule has 0 amide bonds. The van der Waals surface area contributed by atoms with Gasteiger partial charge in [-0.15, -0.1) is 0 Å². The first-order chi connectivity index (χ1) is 11.1. The fourth-order valence-corrected chi connectivity index (χ4v) is 3.03. The van der Waals surface area contributed by atoms with E-state index in [9.17, 15) is 0 Å². The van der Waals surface area contributed by atoms with Gasteiger partial charge in [0.05, 0.1) is 0 Å². The molecule has 1 atom stereocenters. The van der Waals surface area contributed by atoms with E-state index in [4.69, 9.17) is 10.2 Å². The Kier molecular flexibility index (Phi) is 3.13. The summed E-state index contributed by atoms with van der Waals surface area (Å²) in [6, 6.07) is 10.0. The minimum atomic E-state index is -0.0951. The zero-order valence-electron chi connectivity index (χ0n) is 13.1. The lowest BCUT2D eigenvalue weighted by Gasteiger charge is -2.07. The summed E-state index contributed by atoms with van der Waals surface area (Å²) in [5.41, 5.74) is 12.9. The highest BCUT2D eigenvalue weighted by Gasteiger charge is 2.17. The molecule has 4 nitrogen and oxygen atoms in total. The maximum atomic E-state index is 6.22. The average Bonchev–Trinajstić information content (AvgIpc) is 2.93. The summed E-state index contributed by atoms with van der Waals surface area (Å²) in [6.07, 6.45) is 5.38. The molecule has 3 aromatic heterocycles. The number of hydrogen-bond acceptors (Lipinski definition) is 4. The highest BCUT2D eigenvalue weighted by molar-refractivity contribution is 6.08. The minimum absolute atomic E-state index is 0.0951. The van der Waals surface area contributed by atoms with Crippen LogP contribution >= 0.6 is 0 Å². The van der Waals surface area contributed by atoms with Gasteiger partial charge in [-0.25, -0.2) is 0 Å². The molecule has 0 aliphatic carbocycles. The van der Waals surface area contributed by atoms with Crippen LogP contribution in [0.2, 0.25) is 0 Å². The Bertz CT molecular complexity index is 1000. The third-order valence-corrected chi connectivity index (χ3v) is 4.11. The molecular weight excluding hydrogens is 286 g/mol. The second kappa shape index (κ2) is 5.18. The number of furan rings is 1. The van der Waals surface area contributed by atoms with Crippen molar-refractivity contribution in [2.75, 3.05) is 0 Å². The number of benzene rings is 1. The largest absolute Gasteiger partial charge is 0.453 e. The summed E-state index contributed by atoms with van der Waals surface area (Å²) < 4.78 is 6.22. The first-order valence-electron chi connectivity index (χ1n) is 7.63. The average molecular weight is 303 g/mol. The summed E-state index contributed by atoms with van der Waals surface area (Å²) >= 11 is 0. The van der Waals surface area contributed by atoms with Crippen LogP contribution in [0.3, 0.4) is 0 Å². The van der Waals surface area contributed by atoms with Gasteiger partial charge in [-0.05, 0) is 49.2 Å². The van der Waals surface area contributed by atoms with Crippen LogP contribution in [0.25, 0.3) is 33.2 Å². The maximum absolute atomic E-state index is 6.22. The van der Waals surface area contributed by atoms with E-state index in [0.717, 1.165) is 44.3 Å². The molecule has 0 unspecified atom stereocenters.